The minimum absolute atomic E-state index is 0.0657. The summed E-state index contributed by atoms with van der Waals surface area (Å²) in [7, 11) is 0. The summed E-state index contributed by atoms with van der Waals surface area (Å²) in [6.45, 7) is 3.94. The van der Waals surface area contributed by atoms with Crippen molar-refractivity contribution in [3.63, 3.8) is 0 Å². The molecular formula is C24H27N5O3S. The Hall–Kier alpha value is -3.07. The lowest BCUT2D eigenvalue weighted by Crippen LogP contribution is -2.53. The zero-order chi connectivity index (χ0) is 22.8. The molecule has 2 fully saturated rings. The quantitative estimate of drug-likeness (QED) is 0.699. The number of thioether (sulfide) groups is 1. The van der Waals surface area contributed by atoms with E-state index in [4.69, 9.17) is 0 Å². The molecule has 3 amide bonds. The highest BCUT2D eigenvalue weighted by atomic mass is 32.2. The number of fused-ring (bicyclic) bond motifs is 1. The van der Waals surface area contributed by atoms with E-state index in [2.05, 4.69) is 15.2 Å². The summed E-state index contributed by atoms with van der Waals surface area (Å²) >= 11 is 1.31. The van der Waals surface area contributed by atoms with Crippen molar-refractivity contribution in [1.82, 2.24) is 14.8 Å². The molecule has 2 aromatic rings. The molecule has 0 radical (unpaired) electrons. The van der Waals surface area contributed by atoms with Gasteiger partial charge in [-0.3, -0.25) is 14.4 Å². The number of piperazine rings is 1. The van der Waals surface area contributed by atoms with Crippen LogP contribution in [-0.2, 0) is 14.4 Å². The number of hydrogen-bond acceptors (Lipinski definition) is 6. The molecule has 3 aliphatic rings. The SMILES string of the molecule is O=C1Nc2ccccc2S[C@H]1C(=O)N1CCC(C(=O)N2CCN(c3ccccn3)CC2)CC1. The second-order valence-corrected chi connectivity index (χ2v) is 9.73. The van der Waals surface area contributed by atoms with Crippen LogP contribution in [0.15, 0.2) is 53.6 Å². The van der Waals surface area contributed by atoms with E-state index in [0.29, 0.717) is 39.0 Å². The second-order valence-electron chi connectivity index (χ2n) is 8.58. The van der Waals surface area contributed by atoms with Crippen molar-refractivity contribution in [1.29, 1.82) is 0 Å². The zero-order valence-corrected chi connectivity index (χ0v) is 19.2. The highest BCUT2D eigenvalue weighted by Gasteiger charge is 2.38. The van der Waals surface area contributed by atoms with Crippen LogP contribution in [0.25, 0.3) is 0 Å². The fourth-order valence-electron chi connectivity index (χ4n) is 4.68. The van der Waals surface area contributed by atoms with Crippen molar-refractivity contribution in [2.75, 3.05) is 49.5 Å². The number of rotatable bonds is 3. The van der Waals surface area contributed by atoms with Crippen molar-refractivity contribution in [2.24, 2.45) is 5.92 Å². The summed E-state index contributed by atoms with van der Waals surface area (Å²) in [5.74, 6) is 0.628. The van der Waals surface area contributed by atoms with Crippen molar-refractivity contribution < 1.29 is 14.4 Å². The van der Waals surface area contributed by atoms with Crippen LogP contribution in [0, 0.1) is 5.92 Å². The van der Waals surface area contributed by atoms with Gasteiger partial charge in [0.2, 0.25) is 17.7 Å². The fraction of sp³-hybridized carbons (Fsp3) is 0.417. The van der Waals surface area contributed by atoms with Crippen LogP contribution in [0.1, 0.15) is 12.8 Å². The Morgan fingerprint density at radius 3 is 2.30 bits per heavy atom. The first-order valence-corrected chi connectivity index (χ1v) is 12.3. The Balaban J connectivity index is 1.13. The molecule has 33 heavy (non-hydrogen) atoms. The van der Waals surface area contributed by atoms with Crippen molar-refractivity contribution in [3.8, 4) is 0 Å². The van der Waals surface area contributed by atoms with Crippen molar-refractivity contribution >= 4 is 41.0 Å². The predicted octanol–water partition coefficient (Wildman–Crippen LogP) is 2.08. The molecule has 1 aromatic carbocycles. The summed E-state index contributed by atoms with van der Waals surface area (Å²) < 4.78 is 0. The highest BCUT2D eigenvalue weighted by Crippen LogP contribution is 2.36. The van der Waals surface area contributed by atoms with Gasteiger partial charge in [-0.2, -0.15) is 0 Å². The van der Waals surface area contributed by atoms with Crippen LogP contribution < -0.4 is 10.2 Å². The third-order valence-corrected chi connectivity index (χ3v) is 7.83. The maximum atomic E-state index is 13.1. The number of nitrogens with zero attached hydrogens (tertiary/aromatic N) is 4. The summed E-state index contributed by atoms with van der Waals surface area (Å²) in [6, 6.07) is 13.4. The van der Waals surface area contributed by atoms with E-state index in [-0.39, 0.29) is 23.6 Å². The molecule has 0 aliphatic carbocycles. The minimum atomic E-state index is -0.771. The molecule has 0 bridgehead atoms. The van der Waals surface area contributed by atoms with Crippen molar-refractivity contribution in [2.45, 2.75) is 23.0 Å². The molecule has 3 aliphatic heterocycles. The molecule has 9 heteroatoms. The number of likely N-dealkylation sites (tertiary alicyclic amines) is 1. The molecule has 0 saturated carbocycles. The maximum absolute atomic E-state index is 13.1. The van der Waals surface area contributed by atoms with E-state index < -0.39 is 5.25 Å². The molecule has 172 valence electrons. The van der Waals surface area contributed by atoms with Gasteiger partial charge in [0.05, 0.1) is 5.69 Å². The van der Waals surface area contributed by atoms with Crippen molar-refractivity contribution in [3.05, 3.63) is 48.7 Å². The van der Waals surface area contributed by atoms with Gasteiger partial charge >= 0.3 is 0 Å². The molecule has 8 nitrogen and oxygen atoms in total. The van der Waals surface area contributed by atoms with Gasteiger partial charge in [0.15, 0.2) is 5.25 Å². The third-order valence-electron chi connectivity index (χ3n) is 6.57. The molecule has 4 heterocycles. The van der Waals surface area contributed by atoms with Crippen LogP contribution in [-0.4, -0.2) is 77.0 Å². The van der Waals surface area contributed by atoms with Gasteiger partial charge in [-0.1, -0.05) is 18.2 Å². The highest BCUT2D eigenvalue weighted by molar-refractivity contribution is 8.01. The van der Waals surface area contributed by atoms with Gasteiger partial charge in [-0.05, 0) is 37.1 Å². The molecule has 2 saturated heterocycles. The fourth-order valence-corrected chi connectivity index (χ4v) is 5.75. The number of hydrogen-bond donors (Lipinski definition) is 1. The first-order chi connectivity index (χ1) is 16.1. The molecule has 0 spiro atoms. The topological polar surface area (TPSA) is 85.8 Å². The Labute approximate surface area is 197 Å². The van der Waals surface area contributed by atoms with Gasteiger partial charge in [0.1, 0.15) is 5.82 Å². The Morgan fingerprint density at radius 2 is 1.58 bits per heavy atom. The predicted molar refractivity (Wildman–Crippen MR) is 127 cm³/mol. The first-order valence-electron chi connectivity index (χ1n) is 11.4. The van der Waals surface area contributed by atoms with E-state index in [0.717, 1.165) is 29.5 Å². The standard InChI is InChI=1S/C24H27N5O3S/c30-22-21(33-19-6-2-1-5-18(19)26-22)24(32)28-11-8-17(9-12-28)23(31)29-15-13-27(14-16-29)20-7-3-4-10-25-20/h1-7,10,17,21H,8-9,11-16H2,(H,26,30)/t21-/m1/s1. The average molecular weight is 466 g/mol. The summed E-state index contributed by atoms with van der Waals surface area (Å²) in [6.07, 6.45) is 3.07. The third kappa shape index (κ3) is 4.55. The monoisotopic (exact) mass is 465 g/mol. The number of para-hydroxylation sites is 1. The van der Waals surface area contributed by atoms with Gasteiger partial charge in [-0.25, -0.2) is 4.98 Å². The lowest BCUT2D eigenvalue weighted by atomic mass is 9.94. The van der Waals surface area contributed by atoms with Crippen LogP contribution in [0.4, 0.5) is 11.5 Å². The number of carbonyl (C=O) groups excluding carboxylic acids is 3. The van der Waals surface area contributed by atoms with Crippen LogP contribution in [0.3, 0.4) is 0 Å². The van der Waals surface area contributed by atoms with E-state index in [1.54, 1.807) is 11.1 Å². The first kappa shape index (κ1) is 21.8. The molecule has 1 N–H and O–H groups in total. The molecule has 1 aromatic heterocycles. The number of pyridine rings is 1. The van der Waals surface area contributed by atoms with Crippen LogP contribution in [0.2, 0.25) is 0 Å². The number of amides is 3. The molecular weight excluding hydrogens is 438 g/mol. The lowest BCUT2D eigenvalue weighted by molar-refractivity contribution is -0.141. The lowest BCUT2D eigenvalue weighted by Gasteiger charge is -2.39. The van der Waals surface area contributed by atoms with Crippen LogP contribution in [0.5, 0.6) is 0 Å². The van der Waals surface area contributed by atoms with E-state index in [1.165, 1.54) is 11.8 Å². The summed E-state index contributed by atoms with van der Waals surface area (Å²) in [4.78, 5) is 49.8. The summed E-state index contributed by atoms with van der Waals surface area (Å²) in [5, 5.41) is 2.07. The van der Waals surface area contributed by atoms with Crippen LogP contribution >= 0.6 is 11.8 Å². The number of carbonyl (C=O) groups is 3. The maximum Gasteiger partial charge on any atom is 0.247 e. The number of aromatic nitrogens is 1. The smallest absolute Gasteiger partial charge is 0.247 e. The van der Waals surface area contributed by atoms with Gasteiger partial charge in [0, 0.05) is 56.3 Å². The molecule has 1 atom stereocenters. The second kappa shape index (κ2) is 9.43. The zero-order valence-electron chi connectivity index (χ0n) is 18.4. The van der Waals surface area contributed by atoms with Gasteiger partial charge in [-0.15, -0.1) is 11.8 Å². The molecule has 0 unspecified atom stereocenters. The number of piperidine rings is 1. The summed E-state index contributed by atoms with van der Waals surface area (Å²) in [5.41, 5.74) is 0.754. The normalized spacial score (nSPS) is 21.4. The van der Waals surface area contributed by atoms with E-state index in [1.807, 2.05) is 47.4 Å². The largest absolute Gasteiger partial charge is 0.353 e. The Kier molecular flexibility index (Phi) is 6.22. The molecule has 5 rings (SSSR count). The number of nitrogens with one attached hydrogen (secondary N) is 1. The average Bonchev–Trinajstić information content (AvgIpc) is 2.88. The number of anilines is 2. The van der Waals surface area contributed by atoms with Gasteiger partial charge in [0.25, 0.3) is 0 Å². The number of benzene rings is 1. The Morgan fingerprint density at radius 1 is 0.879 bits per heavy atom. The van der Waals surface area contributed by atoms with Gasteiger partial charge < -0.3 is 20.0 Å². The van der Waals surface area contributed by atoms with E-state index in [9.17, 15) is 14.4 Å². The minimum Gasteiger partial charge on any atom is -0.353 e. The van der Waals surface area contributed by atoms with E-state index >= 15 is 0 Å². The Bertz CT molecular complexity index is 1030.